The highest BCUT2D eigenvalue weighted by Crippen LogP contribution is 2.29. The molecule has 7 heteroatoms. The van der Waals surface area contributed by atoms with Gasteiger partial charge in [0.05, 0.1) is 10.6 Å². The molecular weight excluding hydrogens is 484 g/mol. The quantitative estimate of drug-likeness (QED) is 0.325. The first-order valence-corrected chi connectivity index (χ1v) is 13.6. The monoisotopic (exact) mass is 512 g/mol. The SMILES string of the molecule is Cc1ccc(S(=O)(=O)N(CC(=O)N2CCc3ccccc3C2)c2ccc(Oc3ccccc3)cc2)cc1. The lowest BCUT2D eigenvalue weighted by molar-refractivity contribution is -0.130. The molecule has 1 aliphatic heterocycles. The highest BCUT2D eigenvalue weighted by Gasteiger charge is 2.30. The van der Waals surface area contributed by atoms with Crippen molar-refractivity contribution in [1.29, 1.82) is 0 Å². The highest BCUT2D eigenvalue weighted by molar-refractivity contribution is 7.92. The second-order valence-corrected chi connectivity index (χ2v) is 10.9. The third-order valence-corrected chi connectivity index (χ3v) is 8.26. The molecule has 1 amide bonds. The van der Waals surface area contributed by atoms with Gasteiger partial charge in [-0.25, -0.2) is 8.42 Å². The molecule has 0 unspecified atom stereocenters. The van der Waals surface area contributed by atoms with Crippen molar-refractivity contribution in [1.82, 2.24) is 4.90 Å². The molecule has 0 atom stereocenters. The Labute approximate surface area is 217 Å². The van der Waals surface area contributed by atoms with Crippen LogP contribution in [-0.2, 0) is 27.8 Å². The molecule has 4 aromatic rings. The largest absolute Gasteiger partial charge is 0.457 e. The first-order chi connectivity index (χ1) is 17.9. The Morgan fingerprint density at radius 3 is 2.14 bits per heavy atom. The standard InChI is InChI=1S/C30H28N2O4S/c1-23-11-17-29(18-12-23)37(34,35)32(22-30(33)31-20-19-24-7-5-6-8-25(24)21-31)26-13-15-28(16-14-26)36-27-9-3-2-4-10-27/h2-18H,19-22H2,1H3. The molecule has 5 rings (SSSR count). The molecule has 4 aromatic carbocycles. The molecule has 0 aliphatic carbocycles. The zero-order chi connectivity index (χ0) is 25.8. The van der Waals surface area contributed by atoms with Gasteiger partial charge in [0.1, 0.15) is 18.0 Å². The average molecular weight is 513 g/mol. The van der Waals surface area contributed by atoms with E-state index in [0.29, 0.717) is 30.3 Å². The summed E-state index contributed by atoms with van der Waals surface area (Å²) in [6.45, 7) is 2.63. The van der Waals surface area contributed by atoms with E-state index in [0.717, 1.165) is 17.5 Å². The van der Waals surface area contributed by atoms with E-state index in [1.54, 1.807) is 53.4 Å². The van der Waals surface area contributed by atoms with Crippen molar-refractivity contribution in [3.63, 3.8) is 0 Å². The van der Waals surface area contributed by atoms with Gasteiger partial charge in [-0.15, -0.1) is 0 Å². The van der Waals surface area contributed by atoms with Gasteiger partial charge in [0.2, 0.25) is 5.91 Å². The minimum Gasteiger partial charge on any atom is -0.457 e. The third-order valence-electron chi connectivity index (χ3n) is 6.47. The summed E-state index contributed by atoms with van der Waals surface area (Å²) in [5, 5.41) is 0. The van der Waals surface area contributed by atoms with Crippen LogP contribution in [0.4, 0.5) is 5.69 Å². The third kappa shape index (κ3) is 5.52. The van der Waals surface area contributed by atoms with E-state index in [1.807, 2.05) is 55.5 Å². The topological polar surface area (TPSA) is 66.9 Å². The van der Waals surface area contributed by atoms with Gasteiger partial charge in [-0.2, -0.15) is 0 Å². The maximum absolute atomic E-state index is 13.8. The van der Waals surface area contributed by atoms with E-state index in [2.05, 4.69) is 6.07 Å². The molecule has 0 spiro atoms. The average Bonchev–Trinajstić information content (AvgIpc) is 2.92. The maximum atomic E-state index is 13.8. The Hall–Kier alpha value is -4.10. The van der Waals surface area contributed by atoms with Gasteiger partial charge in [-0.3, -0.25) is 9.10 Å². The first kappa shape index (κ1) is 24.6. The Morgan fingerprint density at radius 1 is 0.811 bits per heavy atom. The molecule has 0 aromatic heterocycles. The molecule has 0 N–H and O–H groups in total. The summed E-state index contributed by atoms with van der Waals surface area (Å²) < 4.78 is 34.6. The molecule has 0 radical (unpaired) electrons. The Balaban J connectivity index is 1.43. The summed E-state index contributed by atoms with van der Waals surface area (Å²) in [6.07, 6.45) is 0.748. The predicted octanol–water partition coefficient (Wildman–Crippen LogP) is 5.57. The number of carbonyl (C=O) groups is 1. The number of sulfonamides is 1. The predicted molar refractivity (Wildman–Crippen MR) is 144 cm³/mol. The summed E-state index contributed by atoms with van der Waals surface area (Å²) in [5.74, 6) is 1.01. The highest BCUT2D eigenvalue weighted by atomic mass is 32.2. The van der Waals surface area contributed by atoms with Crippen LogP contribution < -0.4 is 9.04 Å². The molecule has 1 aliphatic rings. The van der Waals surface area contributed by atoms with E-state index in [-0.39, 0.29) is 17.3 Å². The summed E-state index contributed by atoms with van der Waals surface area (Å²) in [7, 11) is -3.99. The van der Waals surface area contributed by atoms with Gasteiger partial charge >= 0.3 is 0 Å². The Kier molecular flexibility index (Phi) is 6.97. The van der Waals surface area contributed by atoms with Gasteiger partial charge in [0.25, 0.3) is 10.0 Å². The van der Waals surface area contributed by atoms with E-state index in [9.17, 15) is 13.2 Å². The van der Waals surface area contributed by atoms with Gasteiger partial charge < -0.3 is 9.64 Å². The van der Waals surface area contributed by atoms with E-state index < -0.39 is 10.0 Å². The fourth-order valence-corrected chi connectivity index (χ4v) is 5.80. The number of aryl methyl sites for hydroxylation is 1. The lowest BCUT2D eigenvalue weighted by Gasteiger charge is -2.32. The summed E-state index contributed by atoms with van der Waals surface area (Å²) in [6, 6.07) is 30.8. The van der Waals surface area contributed by atoms with Crippen molar-refractivity contribution in [3.8, 4) is 11.5 Å². The fourth-order valence-electron chi connectivity index (χ4n) is 4.39. The lowest BCUT2D eigenvalue weighted by Crippen LogP contribution is -2.44. The van der Waals surface area contributed by atoms with Crippen molar-refractivity contribution >= 4 is 21.6 Å². The molecule has 37 heavy (non-hydrogen) atoms. The number of para-hydroxylation sites is 1. The number of amides is 1. The first-order valence-electron chi connectivity index (χ1n) is 12.2. The number of anilines is 1. The van der Waals surface area contributed by atoms with Crippen molar-refractivity contribution in [3.05, 3.63) is 120 Å². The van der Waals surface area contributed by atoms with Gasteiger partial charge in [-0.1, -0.05) is 60.2 Å². The number of nitrogens with zero attached hydrogens (tertiary/aromatic N) is 2. The normalized spacial score (nSPS) is 13.1. The van der Waals surface area contributed by atoms with Crippen LogP contribution in [0, 0.1) is 6.92 Å². The maximum Gasteiger partial charge on any atom is 0.264 e. The van der Waals surface area contributed by atoms with Crippen molar-refractivity contribution < 1.29 is 17.9 Å². The van der Waals surface area contributed by atoms with Crippen LogP contribution in [0.3, 0.4) is 0 Å². The number of rotatable bonds is 7. The van der Waals surface area contributed by atoms with Crippen molar-refractivity contribution in [2.75, 3.05) is 17.4 Å². The van der Waals surface area contributed by atoms with E-state index in [4.69, 9.17) is 4.74 Å². The van der Waals surface area contributed by atoms with Crippen LogP contribution in [0.25, 0.3) is 0 Å². The van der Waals surface area contributed by atoms with Crippen molar-refractivity contribution in [2.45, 2.75) is 24.8 Å². The zero-order valence-corrected chi connectivity index (χ0v) is 21.4. The van der Waals surface area contributed by atoms with Crippen LogP contribution in [0.1, 0.15) is 16.7 Å². The lowest BCUT2D eigenvalue weighted by atomic mass is 10.00. The van der Waals surface area contributed by atoms with Gasteiger partial charge in [0, 0.05) is 13.1 Å². The molecule has 1 heterocycles. The van der Waals surface area contributed by atoms with Gasteiger partial charge in [0.15, 0.2) is 0 Å². The van der Waals surface area contributed by atoms with E-state index >= 15 is 0 Å². The fraction of sp³-hybridized carbons (Fsp3) is 0.167. The minimum atomic E-state index is -3.99. The van der Waals surface area contributed by atoms with Crippen LogP contribution in [0.2, 0.25) is 0 Å². The minimum absolute atomic E-state index is 0.138. The number of fused-ring (bicyclic) bond motifs is 1. The summed E-state index contributed by atoms with van der Waals surface area (Å²) in [5.41, 5.74) is 3.67. The van der Waals surface area contributed by atoms with Gasteiger partial charge in [-0.05, 0) is 73.0 Å². The summed E-state index contributed by atoms with van der Waals surface area (Å²) >= 11 is 0. The second-order valence-electron chi connectivity index (χ2n) is 9.07. The Bertz CT molecular complexity index is 1490. The smallest absolute Gasteiger partial charge is 0.264 e. The van der Waals surface area contributed by atoms with Crippen LogP contribution in [0.5, 0.6) is 11.5 Å². The summed E-state index contributed by atoms with van der Waals surface area (Å²) in [4.78, 5) is 15.3. The number of benzene rings is 4. The Morgan fingerprint density at radius 2 is 1.43 bits per heavy atom. The molecule has 6 nitrogen and oxygen atoms in total. The van der Waals surface area contributed by atoms with Crippen LogP contribution in [-0.4, -0.2) is 32.3 Å². The molecule has 0 bridgehead atoms. The molecular formula is C30H28N2O4S. The van der Waals surface area contributed by atoms with E-state index in [1.165, 1.54) is 9.87 Å². The molecule has 0 saturated carbocycles. The van der Waals surface area contributed by atoms with Crippen LogP contribution >= 0.6 is 0 Å². The zero-order valence-electron chi connectivity index (χ0n) is 20.6. The van der Waals surface area contributed by atoms with Crippen molar-refractivity contribution in [2.24, 2.45) is 0 Å². The molecule has 0 fully saturated rings. The number of ether oxygens (including phenoxy) is 1. The number of hydrogen-bond acceptors (Lipinski definition) is 4. The molecule has 0 saturated heterocycles. The second kappa shape index (κ2) is 10.5. The van der Waals surface area contributed by atoms with Crippen LogP contribution in [0.15, 0.2) is 108 Å². The molecule has 188 valence electrons. The number of hydrogen-bond donors (Lipinski definition) is 0. The number of carbonyl (C=O) groups excluding carboxylic acids is 1.